The fraction of sp³-hybridized carbons (Fsp3) is 0.273. The van der Waals surface area contributed by atoms with E-state index in [2.05, 4.69) is 36.4 Å². The first kappa shape index (κ1) is 12.7. The Kier molecular flexibility index (Phi) is 2.43. The lowest BCUT2D eigenvalue weighted by atomic mass is 9.83. The normalized spacial score (nSPS) is 17.2. The standard InChI is InChI=1S/C22H18S/c1-2-4-16-13(3-1)11-14-5-8-19-17-9-10-23-20(17)12-15-6-7-18(16)21(14)22(15)19/h5-8,11-12H,1-4,9-10H2. The first-order valence-corrected chi connectivity index (χ1v) is 9.77. The van der Waals surface area contributed by atoms with E-state index in [1.165, 1.54) is 75.1 Å². The second-order valence-corrected chi connectivity index (χ2v) is 8.23. The van der Waals surface area contributed by atoms with Gasteiger partial charge in [0.05, 0.1) is 0 Å². The molecule has 0 spiro atoms. The summed E-state index contributed by atoms with van der Waals surface area (Å²) in [7, 11) is 0. The van der Waals surface area contributed by atoms with Gasteiger partial charge in [-0.2, -0.15) is 0 Å². The van der Waals surface area contributed by atoms with Crippen LogP contribution in [0.3, 0.4) is 0 Å². The molecule has 0 nitrogen and oxygen atoms in total. The number of fused-ring (bicyclic) bond motifs is 4. The highest BCUT2D eigenvalue weighted by atomic mass is 32.2. The molecule has 0 N–H and O–H groups in total. The molecule has 1 aliphatic heterocycles. The minimum absolute atomic E-state index is 1.23. The lowest BCUT2D eigenvalue weighted by molar-refractivity contribution is 0.691. The Morgan fingerprint density at radius 2 is 1.43 bits per heavy atom. The number of hydrogen-bond acceptors (Lipinski definition) is 1. The predicted molar refractivity (Wildman–Crippen MR) is 101 cm³/mol. The van der Waals surface area contributed by atoms with Crippen LogP contribution in [0.25, 0.3) is 32.3 Å². The van der Waals surface area contributed by atoms with Gasteiger partial charge in [0.25, 0.3) is 0 Å². The van der Waals surface area contributed by atoms with E-state index >= 15 is 0 Å². The van der Waals surface area contributed by atoms with E-state index in [9.17, 15) is 0 Å². The van der Waals surface area contributed by atoms with E-state index < -0.39 is 0 Å². The highest BCUT2D eigenvalue weighted by Crippen LogP contribution is 2.44. The molecule has 4 aromatic carbocycles. The van der Waals surface area contributed by atoms with E-state index in [1.54, 1.807) is 16.7 Å². The largest absolute Gasteiger partial charge is 0.125 e. The molecule has 0 radical (unpaired) electrons. The Morgan fingerprint density at radius 1 is 0.696 bits per heavy atom. The highest BCUT2D eigenvalue weighted by molar-refractivity contribution is 7.99. The van der Waals surface area contributed by atoms with Gasteiger partial charge in [-0.1, -0.05) is 30.3 Å². The number of rotatable bonds is 0. The minimum Gasteiger partial charge on any atom is -0.125 e. The number of hydrogen-bond donors (Lipinski definition) is 0. The molecule has 6 rings (SSSR count). The van der Waals surface area contributed by atoms with Crippen LogP contribution in [0.15, 0.2) is 41.3 Å². The third-order valence-corrected chi connectivity index (χ3v) is 6.99. The van der Waals surface area contributed by atoms with Gasteiger partial charge in [-0.3, -0.25) is 0 Å². The van der Waals surface area contributed by atoms with Crippen LogP contribution in [-0.2, 0) is 19.3 Å². The number of benzene rings is 4. The first-order chi connectivity index (χ1) is 11.4. The maximum absolute atomic E-state index is 2.48. The second kappa shape index (κ2) is 4.42. The summed E-state index contributed by atoms with van der Waals surface area (Å²) in [6.07, 6.45) is 6.45. The fourth-order valence-electron chi connectivity index (χ4n) is 4.89. The smallest absolute Gasteiger partial charge is 0.0117 e. The van der Waals surface area contributed by atoms with Crippen LogP contribution in [-0.4, -0.2) is 5.75 Å². The SMILES string of the molecule is c1cc2c3c(cc4ccc5c6c(cc1c5c42)CCCC6)SCC3. The predicted octanol–water partition coefficient (Wildman–Crippen LogP) is 6.11. The van der Waals surface area contributed by atoms with E-state index in [4.69, 9.17) is 0 Å². The molecule has 0 saturated carbocycles. The van der Waals surface area contributed by atoms with E-state index in [0.717, 1.165) is 0 Å². The van der Waals surface area contributed by atoms with Crippen LogP contribution < -0.4 is 0 Å². The molecule has 0 fully saturated rings. The third kappa shape index (κ3) is 1.59. The van der Waals surface area contributed by atoms with Gasteiger partial charge in [-0.25, -0.2) is 0 Å². The summed E-state index contributed by atoms with van der Waals surface area (Å²) in [4.78, 5) is 1.51. The lowest BCUT2D eigenvalue weighted by Gasteiger charge is -2.21. The number of aryl methyl sites for hydroxylation is 3. The van der Waals surface area contributed by atoms with Crippen molar-refractivity contribution in [2.45, 2.75) is 37.0 Å². The van der Waals surface area contributed by atoms with Crippen LogP contribution in [0.4, 0.5) is 0 Å². The van der Waals surface area contributed by atoms with Crippen molar-refractivity contribution in [3.05, 3.63) is 53.1 Å². The molecule has 0 bridgehead atoms. The molecule has 0 atom stereocenters. The summed E-state index contributed by atoms with van der Waals surface area (Å²) < 4.78 is 0. The maximum Gasteiger partial charge on any atom is 0.0117 e. The van der Waals surface area contributed by atoms with Gasteiger partial charge in [0.1, 0.15) is 0 Å². The minimum atomic E-state index is 1.23. The van der Waals surface area contributed by atoms with Crippen molar-refractivity contribution in [3.63, 3.8) is 0 Å². The van der Waals surface area contributed by atoms with E-state index in [1.807, 2.05) is 11.8 Å². The quantitative estimate of drug-likeness (QED) is 0.353. The topological polar surface area (TPSA) is 0 Å². The molecule has 1 heterocycles. The molecule has 0 aromatic heterocycles. The van der Waals surface area contributed by atoms with Gasteiger partial charge in [0.2, 0.25) is 0 Å². The van der Waals surface area contributed by atoms with Crippen molar-refractivity contribution in [3.8, 4) is 0 Å². The van der Waals surface area contributed by atoms with Crippen molar-refractivity contribution in [1.82, 2.24) is 0 Å². The zero-order valence-corrected chi connectivity index (χ0v) is 13.9. The summed E-state index contributed by atoms with van der Waals surface area (Å²) in [6, 6.07) is 14.5. The zero-order chi connectivity index (χ0) is 15.0. The van der Waals surface area contributed by atoms with Crippen LogP contribution in [0.5, 0.6) is 0 Å². The van der Waals surface area contributed by atoms with Gasteiger partial charge in [0, 0.05) is 10.6 Å². The molecule has 1 aliphatic carbocycles. The molecule has 0 unspecified atom stereocenters. The van der Waals surface area contributed by atoms with Crippen LogP contribution in [0, 0.1) is 0 Å². The van der Waals surface area contributed by atoms with Gasteiger partial charge in [-0.15, -0.1) is 11.8 Å². The Labute approximate surface area is 140 Å². The third-order valence-electron chi connectivity index (χ3n) is 5.91. The summed E-state index contributed by atoms with van der Waals surface area (Å²) in [5.74, 6) is 1.24. The first-order valence-electron chi connectivity index (χ1n) is 8.78. The molecular weight excluding hydrogens is 296 g/mol. The number of thioether (sulfide) groups is 1. The second-order valence-electron chi connectivity index (χ2n) is 7.10. The van der Waals surface area contributed by atoms with Gasteiger partial charge in [-0.05, 0) is 87.2 Å². The van der Waals surface area contributed by atoms with Gasteiger partial charge < -0.3 is 0 Å². The Balaban J connectivity index is 1.87. The molecule has 23 heavy (non-hydrogen) atoms. The molecule has 0 saturated heterocycles. The molecule has 4 aromatic rings. The molecule has 0 amide bonds. The van der Waals surface area contributed by atoms with Crippen LogP contribution in [0.2, 0.25) is 0 Å². The van der Waals surface area contributed by atoms with Crippen molar-refractivity contribution in [2.75, 3.05) is 5.75 Å². The highest BCUT2D eigenvalue weighted by Gasteiger charge is 2.21. The lowest BCUT2D eigenvalue weighted by Crippen LogP contribution is -2.04. The fourth-order valence-corrected chi connectivity index (χ4v) is 6.01. The van der Waals surface area contributed by atoms with Crippen LogP contribution in [0.1, 0.15) is 29.5 Å². The molecule has 2 aliphatic rings. The zero-order valence-electron chi connectivity index (χ0n) is 13.1. The van der Waals surface area contributed by atoms with Crippen molar-refractivity contribution in [2.24, 2.45) is 0 Å². The Bertz CT molecular complexity index is 1090. The summed E-state index contributed by atoms with van der Waals surface area (Å²) in [6.45, 7) is 0. The Morgan fingerprint density at radius 3 is 2.30 bits per heavy atom. The summed E-state index contributed by atoms with van der Waals surface area (Å²) in [5.41, 5.74) is 4.82. The summed E-state index contributed by atoms with van der Waals surface area (Å²) in [5, 5.41) is 8.97. The maximum atomic E-state index is 2.48. The van der Waals surface area contributed by atoms with E-state index in [0.29, 0.717) is 0 Å². The van der Waals surface area contributed by atoms with E-state index in [-0.39, 0.29) is 0 Å². The van der Waals surface area contributed by atoms with Crippen molar-refractivity contribution < 1.29 is 0 Å². The van der Waals surface area contributed by atoms with Gasteiger partial charge in [0.15, 0.2) is 0 Å². The molecule has 1 heteroatoms. The Hall–Kier alpha value is -1.73. The monoisotopic (exact) mass is 314 g/mol. The molecular formula is C22H18S. The molecule has 112 valence electrons. The summed E-state index contributed by atoms with van der Waals surface area (Å²) >= 11 is 2.03. The van der Waals surface area contributed by atoms with Crippen molar-refractivity contribution >= 4 is 44.1 Å². The van der Waals surface area contributed by atoms with Crippen molar-refractivity contribution in [1.29, 1.82) is 0 Å². The van der Waals surface area contributed by atoms with Gasteiger partial charge >= 0.3 is 0 Å². The van der Waals surface area contributed by atoms with Crippen LogP contribution >= 0.6 is 11.8 Å². The average Bonchev–Trinajstić information content (AvgIpc) is 3.07. The average molecular weight is 314 g/mol.